The lowest BCUT2D eigenvalue weighted by atomic mass is 10.3. The molecule has 0 bridgehead atoms. The summed E-state index contributed by atoms with van der Waals surface area (Å²) < 4.78 is 0. The monoisotopic (exact) mass is 209 g/mol. The zero-order valence-corrected chi connectivity index (χ0v) is 8.73. The summed E-state index contributed by atoms with van der Waals surface area (Å²) >= 11 is 5.80. The number of aromatic nitrogens is 1. The van der Waals surface area contributed by atoms with E-state index in [0.29, 0.717) is 10.8 Å². The lowest BCUT2D eigenvalue weighted by Crippen LogP contribution is -2.00. The van der Waals surface area contributed by atoms with Crippen molar-refractivity contribution < 1.29 is 0 Å². The van der Waals surface area contributed by atoms with Gasteiger partial charge in [0.15, 0.2) is 5.82 Å². The Kier molecular flexibility index (Phi) is 3.54. The maximum absolute atomic E-state index is 5.80. The average Bonchev–Trinajstić information content (AvgIpc) is 2.09. The number of halogens is 1. The van der Waals surface area contributed by atoms with E-state index in [9.17, 15) is 0 Å². The Morgan fingerprint density at radius 2 is 2.36 bits per heavy atom. The highest BCUT2D eigenvalue weighted by Gasteiger charge is 2.02. The van der Waals surface area contributed by atoms with Gasteiger partial charge in [-0.05, 0) is 19.2 Å². The normalized spacial score (nSPS) is 9.29. The van der Waals surface area contributed by atoms with Gasteiger partial charge >= 0.3 is 0 Å². The summed E-state index contributed by atoms with van der Waals surface area (Å²) in [6.45, 7) is 9.17. The van der Waals surface area contributed by atoms with Crippen LogP contribution < -0.4 is 10.6 Å². The molecule has 2 N–H and O–H groups in total. The zero-order valence-electron chi connectivity index (χ0n) is 7.97. The number of allylic oxidation sites excluding steroid dienone is 1. The summed E-state index contributed by atoms with van der Waals surface area (Å²) in [7, 11) is 0. The average molecular weight is 210 g/mol. The smallest absolute Gasteiger partial charge is 0.153 e. The fourth-order valence-corrected chi connectivity index (χ4v) is 1.12. The van der Waals surface area contributed by atoms with Crippen molar-refractivity contribution in [1.29, 1.82) is 0 Å². The summed E-state index contributed by atoms with van der Waals surface area (Å²) in [4.78, 5) is 4.12. The molecule has 1 rings (SSSR count). The van der Waals surface area contributed by atoms with E-state index in [4.69, 9.17) is 11.6 Å². The first-order valence-corrected chi connectivity index (χ1v) is 4.47. The van der Waals surface area contributed by atoms with Gasteiger partial charge in [-0.1, -0.05) is 24.8 Å². The van der Waals surface area contributed by atoms with E-state index in [1.165, 1.54) is 0 Å². The molecule has 74 valence electrons. The Labute approximate surface area is 88.5 Å². The lowest BCUT2D eigenvalue weighted by molar-refractivity contribution is 1.26. The molecule has 0 amide bonds. The number of nitrogens with one attached hydrogen (secondary N) is 2. The van der Waals surface area contributed by atoms with Crippen LogP contribution in [0.25, 0.3) is 0 Å². The number of hydrogen-bond acceptors (Lipinski definition) is 3. The maximum Gasteiger partial charge on any atom is 0.153 e. The van der Waals surface area contributed by atoms with Gasteiger partial charge < -0.3 is 10.6 Å². The molecule has 0 saturated carbocycles. The number of pyridine rings is 1. The van der Waals surface area contributed by atoms with Crippen LogP contribution in [0.4, 0.5) is 11.5 Å². The number of nitrogens with zero attached hydrogens (tertiary/aromatic N) is 1. The standard InChI is InChI=1S/C10H12ClN3/c1-4-12-9-5-8(11)6-13-10(9)14-7(2)3/h4-6,12H,1-2H2,3H3,(H,13,14). The van der Waals surface area contributed by atoms with Crippen LogP contribution in [0.2, 0.25) is 5.02 Å². The summed E-state index contributed by atoms with van der Waals surface area (Å²) in [5.41, 5.74) is 1.59. The molecule has 0 atom stereocenters. The molecule has 3 nitrogen and oxygen atoms in total. The van der Waals surface area contributed by atoms with E-state index in [1.54, 1.807) is 18.5 Å². The van der Waals surface area contributed by atoms with Gasteiger partial charge in [0.25, 0.3) is 0 Å². The van der Waals surface area contributed by atoms with Gasteiger partial charge in [-0.25, -0.2) is 4.98 Å². The molecular formula is C10H12ClN3. The van der Waals surface area contributed by atoms with Crippen molar-refractivity contribution in [3.8, 4) is 0 Å². The Balaban J connectivity index is 3.01. The molecule has 0 spiro atoms. The van der Waals surface area contributed by atoms with Gasteiger partial charge in [-0.3, -0.25) is 0 Å². The van der Waals surface area contributed by atoms with E-state index in [1.807, 2.05) is 6.92 Å². The topological polar surface area (TPSA) is 37.0 Å². The molecule has 1 heterocycles. The van der Waals surface area contributed by atoms with Gasteiger partial charge in [-0.2, -0.15) is 0 Å². The van der Waals surface area contributed by atoms with Crippen molar-refractivity contribution in [3.05, 3.63) is 42.3 Å². The molecular weight excluding hydrogens is 198 g/mol. The van der Waals surface area contributed by atoms with E-state index in [-0.39, 0.29) is 0 Å². The largest absolute Gasteiger partial charge is 0.359 e. The first-order chi connectivity index (χ1) is 6.63. The van der Waals surface area contributed by atoms with E-state index >= 15 is 0 Å². The molecule has 0 saturated heterocycles. The van der Waals surface area contributed by atoms with Crippen LogP contribution in [-0.2, 0) is 0 Å². The second kappa shape index (κ2) is 4.67. The molecule has 0 fully saturated rings. The second-order valence-corrected chi connectivity index (χ2v) is 3.24. The summed E-state index contributed by atoms with van der Waals surface area (Å²) in [5, 5.41) is 6.52. The van der Waals surface area contributed by atoms with Crippen LogP contribution in [0.5, 0.6) is 0 Å². The van der Waals surface area contributed by atoms with Gasteiger partial charge in [0.05, 0.1) is 10.7 Å². The van der Waals surface area contributed by atoms with Crippen LogP contribution in [-0.4, -0.2) is 4.98 Å². The van der Waals surface area contributed by atoms with Crippen molar-refractivity contribution in [3.63, 3.8) is 0 Å². The third kappa shape index (κ3) is 2.78. The van der Waals surface area contributed by atoms with Crippen molar-refractivity contribution in [2.75, 3.05) is 10.6 Å². The number of rotatable bonds is 4. The fourth-order valence-electron chi connectivity index (χ4n) is 0.961. The van der Waals surface area contributed by atoms with Crippen molar-refractivity contribution in [2.24, 2.45) is 0 Å². The van der Waals surface area contributed by atoms with Gasteiger partial charge in [0, 0.05) is 11.9 Å². The van der Waals surface area contributed by atoms with Crippen LogP contribution in [0.3, 0.4) is 0 Å². The van der Waals surface area contributed by atoms with E-state index < -0.39 is 0 Å². The Hall–Kier alpha value is -1.48. The molecule has 0 aromatic carbocycles. The highest BCUT2D eigenvalue weighted by Crippen LogP contribution is 2.23. The van der Waals surface area contributed by atoms with Crippen LogP contribution >= 0.6 is 11.6 Å². The minimum Gasteiger partial charge on any atom is -0.359 e. The molecule has 1 aromatic heterocycles. The van der Waals surface area contributed by atoms with Crippen molar-refractivity contribution >= 4 is 23.1 Å². The molecule has 14 heavy (non-hydrogen) atoms. The van der Waals surface area contributed by atoms with E-state index in [2.05, 4.69) is 28.8 Å². The number of hydrogen-bond donors (Lipinski definition) is 2. The molecule has 4 heteroatoms. The second-order valence-electron chi connectivity index (χ2n) is 2.80. The van der Waals surface area contributed by atoms with Gasteiger partial charge in [0.2, 0.25) is 0 Å². The Bertz CT molecular complexity index is 360. The highest BCUT2D eigenvalue weighted by molar-refractivity contribution is 6.30. The summed E-state index contributed by atoms with van der Waals surface area (Å²) in [6, 6.07) is 1.77. The van der Waals surface area contributed by atoms with Crippen molar-refractivity contribution in [1.82, 2.24) is 4.98 Å². The van der Waals surface area contributed by atoms with Crippen LogP contribution in [0, 0.1) is 0 Å². The summed E-state index contributed by atoms with van der Waals surface area (Å²) in [5.74, 6) is 0.682. The first-order valence-electron chi connectivity index (χ1n) is 4.09. The first kappa shape index (κ1) is 10.6. The van der Waals surface area contributed by atoms with E-state index in [0.717, 1.165) is 11.4 Å². The van der Waals surface area contributed by atoms with Gasteiger partial charge in [-0.15, -0.1) is 0 Å². The van der Waals surface area contributed by atoms with Crippen LogP contribution in [0.15, 0.2) is 37.3 Å². The molecule has 0 unspecified atom stereocenters. The number of anilines is 2. The maximum atomic E-state index is 5.80. The quantitative estimate of drug-likeness (QED) is 0.800. The SMILES string of the molecule is C=CNc1cc(Cl)cnc1NC(=C)C. The van der Waals surface area contributed by atoms with Crippen LogP contribution in [0.1, 0.15) is 6.92 Å². The minimum absolute atomic E-state index is 0.571. The zero-order chi connectivity index (χ0) is 10.6. The summed E-state index contributed by atoms with van der Waals surface area (Å²) in [6.07, 6.45) is 3.14. The molecule has 0 aliphatic rings. The van der Waals surface area contributed by atoms with Gasteiger partial charge in [0.1, 0.15) is 0 Å². The Morgan fingerprint density at radius 3 is 2.93 bits per heavy atom. The molecule has 0 radical (unpaired) electrons. The lowest BCUT2D eigenvalue weighted by Gasteiger charge is -2.10. The minimum atomic E-state index is 0.571. The highest BCUT2D eigenvalue weighted by atomic mass is 35.5. The molecule has 0 aliphatic carbocycles. The predicted octanol–water partition coefficient (Wildman–Crippen LogP) is 3.24. The fraction of sp³-hybridized carbons (Fsp3) is 0.100. The van der Waals surface area contributed by atoms with Crippen molar-refractivity contribution in [2.45, 2.75) is 6.92 Å². The third-order valence-electron chi connectivity index (χ3n) is 1.44. The molecule has 1 aromatic rings. The Morgan fingerprint density at radius 1 is 1.64 bits per heavy atom. The molecule has 0 aliphatic heterocycles. The predicted molar refractivity (Wildman–Crippen MR) is 61.5 cm³/mol. The third-order valence-corrected chi connectivity index (χ3v) is 1.65.